The van der Waals surface area contributed by atoms with Crippen LogP contribution < -0.4 is 11.1 Å². The van der Waals surface area contributed by atoms with Gasteiger partial charge in [0, 0.05) is 25.3 Å². The molecule has 1 aliphatic rings. The highest BCUT2D eigenvalue weighted by molar-refractivity contribution is 5.87. The molecular formula is C10H18N2O2. The average molecular weight is 198 g/mol. The first-order chi connectivity index (χ1) is 6.66. The fourth-order valence-electron chi connectivity index (χ4n) is 1.43. The normalized spacial score (nSPS) is 21.0. The SMILES string of the molecule is C/C=C/C(=O)NCC1(N)CCOCC1. The average Bonchev–Trinajstić information content (AvgIpc) is 2.17. The number of carbonyl (C=O) groups excluding carboxylic acids is 1. The van der Waals surface area contributed by atoms with Crippen molar-refractivity contribution in [3.05, 3.63) is 12.2 Å². The summed E-state index contributed by atoms with van der Waals surface area (Å²) in [5, 5.41) is 2.79. The van der Waals surface area contributed by atoms with Crippen LogP contribution in [0.3, 0.4) is 0 Å². The van der Waals surface area contributed by atoms with E-state index in [-0.39, 0.29) is 11.4 Å². The van der Waals surface area contributed by atoms with Gasteiger partial charge >= 0.3 is 0 Å². The maximum Gasteiger partial charge on any atom is 0.243 e. The molecule has 80 valence electrons. The van der Waals surface area contributed by atoms with Crippen LogP contribution >= 0.6 is 0 Å². The van der Waals surface area contributed by atoms with Crippen molar-refractivity contribution in [2.75, 3.05) is 19.8 Å². The molecule has 3 N–H and O–H groups in total. The number of carbonyl (C=O) groups is 1. The zero-order valence-electron chi connectivity index (χ0n) is 8.58. The van der Waals surface area contributed by atoms with Gasteiger partial charge in [-0.25, -0.2) is 0 Å². The molecule has 1 fully saturated rings. The summed E-state index contributed by atoms with van der Waals surface area (Å²) in [4.78, 5) is 11.1. The summed E-state index contributed by atoms with van der Waals surface area (Å²) in [5.74, 6) is -0.0798. The number of rotatable bonds is 3. The number of nitrogens with one attached hydrogen (secondary N) is 1. The van der Waals surface area contributed by atoms with E-state index in [4.69, 9.17) is 10.5 Å². The Hall–Kier alpha value is -0.870. The van der Waals surface area contributed by atoms with Crippen molar-refractivity contribution in [3.63, 3.8) is 0 Å². The van der Waals surface area contributed by atoms with Gasteiger partial charge in [-0.1, -0.05) is 6.08 Å². The summed E-state index contributed by atoms with van der Waals surface area (Å²) in [5.41, 5.74) is 5.80. The summed E-state index contributed by atoms with van der Waals surface area (Å²) in [6.45, 7) is 3.72. The molecule has 0 bridgehead atoms. The Morgan fingerprint density at radius 3 is 2.79 bits per heavy atom. The van der Waals surface area contributed by atoms with Gasteiger partial charge in [-0.15, -0.1) is 0 Å². The first-order valence-corrected chi connectivity index (χ1v) is 4.93. The molecule has 0 atom stereocenters. The molecule has 14 heavy (non-hydrogen) atoms. The lowest BCUT2D eigenvalue weighted by molar-refractivity contribution is -0.117. The first-order valence-electron chi connectivity index (χ1n) is 4.93. The first kappa shape index (κ1) is 11.2. The van der Waals surface area contributed by atoms with Crippen LogP contribution in [0.25, 0.3) is 0 Å². The summed E-state index contributed by atoms with van der Waals surface area (Å²) in [6.07, 6.45) is 4.83. The molecule has 0 aromatic rings. The number of amides is 1. The number of hydrogen-bond acceptors (Lipinski definition) is 3. The Kier molecular flexibility index (Phi) is 4.10. The highest BCUT2D eigenvalue weighted by Crippen LogP contribution is 2.16. The van der Waals surface area contributed by atoms with E-state index in [1.807, 2.05) is 6.92 Å². The summed E-state index contributed by atoms with van der Waals surface area (Å²) in [7, 11) is 0. The fraction of sp³-hybridized carbons (Fsp3) is 0.700. The van der Waals surface area contributed by atoms with Crippen LogP contribution in [0.5, 0.6) is 0 Å². The lowest BCUT2D eigenvalue weighted by Gasteiger charge is -2.33. The molecule has 1 aliphatic heterocycles. The second kappa shape index (κ2) is 5.12. The van der Waals surface area contributed by atoms with E-state index in [1.165, 1.54) is 6.08 Å². The van der Waals surface area contributed by atoms with Crippen LogP contribution in [0.2, 0.25) is 0 Å². The van der Waals surface area contributed by atoms with Gasteiger partial charge in [0.25, 0.3) is 0 Å². The number of allylic oxidation sites excluding steroid dienone is 1. The van der Waals surface area contributed by atoms with Gasteiger partial charge in [0.05, 0.1) is 0 Å². The Bertz CT molecular complexity index is 220. The molecule has 0 aromatic heterocycles. The van der Waals surface area contributed by atoms with Crippen LogP contribution in [-0.4, -0.2) is 31.2 Å². The van der Waals surface area contributed by atoms with Crippen LogP contribution in [0, 0.1) is 0 Å². The molecule has 0 saturated carbocycles. The number of nitrogens with two attached hydrogens (primary N) is 1. The van der Waals surface area contributed by atoms with E-state index >= 15 is 0 Å². The molecule has 0 aromatic carbocycles. The Morgan fingerprint density at radius 1 is 1.57 bits per heavy atom. The molecule has 1 amide bonds. The maximum absolute atomic E-state index is 11.1. The molecular weight excluding hydrogens is 180 g/mol. The minimum Gasteiger partial charge on any atom is -0.381 e. The van der Waals surface area contributed by atoms with Crippen molar-refractivity contribution in [1.82, 2.24) is 5.32 Å². The standard InChI is InChI=1S/C10H18N2O2/c1-2-3-9(13)12-8-10(11)4-6-14-7-5-10/h2-3H,4-8,11H2,1H3,(H,12,13)/b3-2+. The second-order valence-corrected chi connectivity index (χ2v) is 3.69. The third-order valence-electron chi connectivity index (χ3n) is 2.42. The van der Waals surface area contributed by atoms with Crippen molar-refractivity contribution in [2.45, 2.75) is 25.3 Å². The van der Waals surface area contributed by atoms with Crippen molar-refractivity contribution in [2.24, 2.45) is 5.73 Å². The lowest BCUT2D eigenvalue weighted by atomic mass is 9.91. The minimum absolute atomic E-state index is 0.0798. The molecule has 4 nitrogen and oxygen atoms in total. The fourth-order valence-corrected chi connectivity index (χ4v) is 1.43. The van der Waals surface area contributed by atoms with E-state index < -0.39 is 0 Å². The monoisotopic (exact) mass is 198 g/mol. The van der Waals surface area contributed by atoms with Gasteiger partial charge in [-0.3, -0.25) is 4.79 Å². The third-order valence-corrected chi connectivity index (χ3v) is 2.42. The maximum atomic E-state index is 11.1. The highest BCUT2D eigenvalue weighted by Gasteiger charge is 2.27. The summed E-state index contributed by atoms with van der Waals surface area (Å²) >= 11 is 0. The predicted octanol–water partition coefficient (Wildman–Crippen LogP) is 0.187. The van der Waals surface area contributed by atoms with Crippen LogP contribution in [0.15, 0.2) is 12.2 Å². The molecule has 1 heterocycles. The molecule has 4 heteroatoms. The minimum atomic E-state index is -0.282. The zero-order chi connectivity index (χ0) is 10.4. The van der Waals surface area contributed by atoms with E-state index in [9.17, 15) is 4.79 Å². The number of hydrogen-bond donors (Lipinski definition) is 2. The van der Waals surface area contributed by atoms with Gasteiger partial charge in [-0.2, -0.15) is 0 Å². The van der Waals surface area contributed by atoms with Gasteiger partial charge in [0.15, 0.2) is 0 Å². The van der Waals surface area contributed by atoms with E-state index in [2.05, 4.69) is 5.32 Å². The Labute approximate surface area is 84.5 Å². The van der Waals surface area contributed by atoms with Crippen molar-refractivity contribution < 1.29 is 9.53 Å². The van der Waals surface area contributed by atoms with Gasteiger partial charge in [0.1, 0.15) is 0 Å². The van der Waals surface area contributed by atoms with Crippen LogP contribution in [-0.2, 0) is 9.53 Å². The summed E-state index contributed by atoms with van der Waals surface area (Å²) < 4.78 is 5.21. The lowest BCUT2D eigenvalue weighted by Crippen LogP contribution is -2.53. The summed E-state index contributed by atoms with van der Waals surface area (Å²) in [6, 6.07) is 0. The highest BCUT2D eigenvalue weighted by atomic mass is 16.5. The predicted molar refractivity (Wildman–Crippen MR) is 54.8 cm³/mol. The van der Waals surface area contributed by atoms with Gasteiger partial charge in [-0.05, 0) is 25.8 Å². The van der Waals surface area contributed by atoms with Crippen molar-refractivity contribution in [1.29, 1.82) is 0 Å². The van der Waals surface area contributed by atoms with E-state index in [1.54, 1.807) is 6.08 Å². The van der Waals surface area contributed by atoms with E-state index in [0.717, 1.165) is 12.8 Å². The van der Waals surface area contributed by atoms with Crippen molar-refractivity contribution >= 4 is 5.91 Å². The van der Waals surface area contributed by atoms with E-state index in [0.29, 0.717) is 19.8 Å². The molecule has 0 radical (unpaired) electrons. The topological polar surface area (TPSA) is 64.4 Å². The van der Waals surface area contributed by atoms with Crippen molar-refractivity contribution in [3.8, 4) is 0 Å². The number of ether oxygens (including phenoxy) is 1. The molecule has 1 saturated heterocycles. The third kappa shape index (κ3) is 3.47. The second-order valence-electron chi connectivity index (χ2n) is 3.69. The van der Waals surface area contributed by atoms with Crippen LogP contribution in [0.4, 0.5) is 0 Å². The smallest absolute Gasteiger partial charge is 0.243 e. The molecule has 0 aliphatic carbocycles. The quantitative estimate of drug-likeness (QED) is 0.636. The van der Waals surface area contributed by atoms with Gasteiger partial charge < -0.3 is 15.8 Å². The molecule has 1 rings (SSSR count). The molecule has 0 unspecified atom stereocenters. The zero-order valence-corrected chi connectivity index (χ0v) is 8.58. The Balaban J connectivity index is 2.31. The largest absolute Gasteiger partial charge is 0.381 e. The van der Waals surface area contributed by atoms with Gasteiger partial charge in [0.2, 0.25) is 5.91 Å². The Morgan fingerprint density at radius 2 is 2.21 bits per heavy atom. The molecule has 0 spiro atoms. The van der Waals surface area contributed by atoms with Crippen LogP contribution in [0.1, 0.15) is 19.8 Å².